The summed E-state index contributed by atoms with van der Waals surface area (Å²) in [4.78, 5) is 0. The molecule has 2 aliphatic heterocycles. The van der Waals surface area contributed by atoms with Crippen molar-refractivity contribution in [3.05, 3.63) is 23.8 Å². The first-order chi connectivity index (χ1) is 12.2. The van der Waals surface area contributed by atoms with Crippen molar-refractivity contribution in [1.29, 1.82) is 0 Å². The predicted octanol–water partition coefficient (Wildman–Crippen LogP) is 4.87. The first-order valence-corrected chi connectivity index (χ1v) is 10.6. The van der Waals surface area contributed by atoms with Crippen molar-refractivity contribution in [1.82, 2.24) is 0 Å². The van der Waals surface area contributed by atoms with Crippen LogP contribution in [0.3, 0.4) is 0 Å². The molecule has 0 aromatic rings. The van der Waals surface area contributed by atoms with E-state index in [-0.39, 0.29) is 5.41 Å². The topological polar surface area (TPSA) is 27.7 Å². The molecule has 0 amide bonds. The zero-order valence-corrected chi connectivity index (χ0v) is 16.8. The molecule has 0 radical (unpaired) electrons. The molecule has 0 spiro atoms. The number of fused-ring (bicyclic) bond motifs is 7. The van der Waals surface area contributed by atoms with Crippen LogP contribution in [0.4, 0.5) is 0 Å². The quantitative estimate of drug-likeness (QED) is 0.578. The second kappa shape index (κ2) is 5.46. The van der Waals surface area contributed by atoms with E-state index < -0.39 is 5.79 Å². The van der Waals surface area contributed by atoms with E-state index in [2.05, 4.69) is 40.3 Å². The Bertz CT molecular complexity index is 664. The van der Waals surface area contributed by atoms with Gasteiger partial charge in [-0.1, -0.05) is 26.5 Å². The van der Waals surface area contributed by atoms with Crippen LogP contribution in [0.25, 0.3) is 0 Å². The Hall–Kier alpha value is -0.640. The highest BCUT2D eigenvalue weighted by Gasteiger charge is 2.62. The van der Waals surface area contributed by atoms with Crippen molar-refractivity contribution in [3.8, 4) is 0 Å². The van der Waals surface area contributed by atoms with Crippen molar-refractivity contribution in [3.63, 3.8) is 0 Å². The molecule has 3 aliphatic carbocycles. The van der Waals surface area contributed by atoms with E-state index in [0.717, 1.165) is 26.1 Å². The second-order valence-electron chi connectivity index (χ2n) is 10.5. The average molecular weight is 359 g/mol. The third-order valence-electron chi connectivity index (χ3n) is 8.65. The van der Waals surface area contributed by atoms with Gasteiger partial charge < -0.3 is 14.2 Å². The molecule has 2 saturated heterocycles. The zero-order valence-electron chi connectivity index (χ0n) is 16.8. The SMILES string of the molecule is C=C1COC2C3=CCC4C5(C)COC(C)(C)OC5CCC4(C)C3CCC12. The normalized spacial score (nSPS) is 52.4. The summed E-state index contributed by atoms with van der Waals surface area (Å²) in [5, 5.41) is 0. The molecule has 5 rings (SSSR count). The van der Waals surface area contributed by atoms with E-state index in [1.54, 1.807) is 5.57 Å². The van der Waals surface area contributed by atoms with Gasteiger partial charge in [-0.2, -0.15) is 0 Å². The summed E-state index contributed by atoms with van der Waals surface area (Å²) in [5.41, 5.74) is 3.36. The van der Waals surface area contributed by atoms with E-state index in [1.165, 1.54) is 24.8 Å². The Morgan fingerprint density at radius 3 is 2.69 bits per heavy atom. The lowest BCUT2D eigenvalue weighted by molar-refractivity contribution is -0.343. The van der Waals surface area contributed by atoms with Gasteiger partial charge in [0.2, 0.25) is 0 Å². The first-order valence-electron chi connectivity index (χ1n) is 10.6. The van der Waals surface area contributed by atoms with Crippen LogP contribution in [0.15, 0.2) is 23.8 Å². The van der Waals surface area contributed by atoms with E-state index >= 15 is 0 Å². The van der Waals surface area contributed by atoms with Crippen LogP contribution in [-0.4, -0.2) is 31.2 Å². The molecular formula is C23H34O3. The third-order valence-corrected chi connectivity index (χ3v) is 8.65. The maximum atomic E-state index is 6.41. The first kappa shape index (κ1) is 17.5. The van der Waals surface area contributed by atoms with Crippen LogP contribution in [-0.2, 0) is 14.2 Å². The minimum Gasteiger partial charge on any atom is -0.369 e. The molecule has 3 nitrogen and oxygen atoms in total. The van der Waals surface area contributed by atoms with E-state index in [4.69, 9.17) is 14.2 Å². The molecular weight excluding hydrogens is 324 g/mol. The summed E-state index contributed by atoms with van der Waals surface area (Å²) in [5.74, 6) is 1.40. The Balaban J connectivity index is 1.49. The Morgan fingerprint density at radius 1 is 1.08 bits per heavy atom. The van der Waals surface area contributed by atoms with Crippen LogP contribution in [0.1, 0.15) is 59.8 Å². The largest absolute Gasteiger partial charge is 0.369 e. The van der Waals surface area contributed by atoms with Crippen molar-refractivity contribution >= 4 is 0 Å². The van der Waals surface area contributed by atoms with E-state index in [0.29, 0.717) is 35.4 Å². The predicted molar refractivity (Wildman–Crippen MR) is 102 cm³/mol. The van der Waals surface area contributed by atoms with Gasteiger partial charge >= 0.3 is 0 Å². The van der Waals surface area contributed by atoms with Gasteiger partial charge in [-0.25, -0.2) is 0 Å². The zero-order chi connectivity index (χ0) is 18.3. The lowest BCUT2D eigenvalue weighted by Crippen LogP contribution is -2.63. The maximum Gasteiger partial charge on any atom is 0.163 e. The van der Waals surface area contributed by atoms with Gasteiger partial charge in [-0.15, -0.1) is 0 Å². The fraction of sp³-hybridized carbons (Fsp3) is 0.826. The number of hydrogen-bond acceptors (Lipinski definition) is 3. The summed E-state index contributed by atoms with van der Waals surface area (Å²) in [6.07, 6.45) is 9.25. The molecule has 0 aromatic heterocycles. The number of hydrogen-bond donors (Lipinski definition) is 0. The summed E-state index contributed by atoms with van der Waals surface area (Å²) < 4.78 is 18.8. The van der Waals surface area contributed by atoms with Gasteiger partial charge in [-0.3, -0.25) is 0 Å². The van der Waals surface area contributed by atoms with Gasteiger partial charge in [0.25, 0.3) is 0 Å². The lowest BCUT2D eigenvalue weighted by Gasteiger charge is -2.63. The fourth-order valence-corrected chi connectivity index (χ4v) is 7.22. The molecule has 2 heterocycles. The van der Waals surface area contributed by atoms with Crippen LogP contribution < -0.4 is 0 Å². The molecule has 7 unspecified atom stereocenters. The van der Waals surface area contributed by atoms with Gasteiger partial charge in [0.05, 0.1) is 25.4 Å². The van der Waals surface area contributed by atoms with Crippen molar-refractivity contribution in [2.24, 2.45) is 28.6 Å². The highest BCUT2D eigenvalue weighted by atomic mass is 16.7. The Morgan fingerprint density at radius 2 is 1.88 bits per heavy atom. The second-order valence-corrected chi connectivity index (χ2v) is 10.5. The number of ether oxygens (including phenoxy) is 3. The lowest BCUT2D eigenvalue weighted by atomic mass is 9.45. The molecule has 5 aliphatic rings. The molecule has 2 saturated carbocycles. The average Bonchev–Trinajstić information content (AvgIpc) is 2.97. The molecule has 144 valence electrons. The molecule has 4 fully saturated rings. The molecule has 7 atom stereocenters. The summed E-state index contributed by atoms with van der Waals surface area (Å²) >= 11 is 0. The minimum absolute atomic E-state index is 0.113. The van der Waals surface area contributed by atoms with Gasteiger partial charge in [0.15, 0.2) is 5.79 Å². The van der Waals surface area contributed by atoms with Gasteiger partial charge in [0.1, 0.15) is 0 Å². The standard InChI is InChI=1S/C23H34O3/c1-14-12-24-20-15(14)6-8-17-16(20)7-9-18-22(17,4)11-10-19-23(18,5)13-25-21(2,3)26-19/h7,15,17-20H,1,6,8-13H2,2-5H3. The Kier molecular flexibility index (Phi) is 3.66. The van der Waals surface area contributed by atoms with Crippen molar-refractivity contribution in [2.75, 3.05) is 13.2 Å². The highest BCUT2D eigenvalue weighted by molar-refractivity contribution is 5.31. The summed E-state index contributed by atoms with van der Waals surface area (Å²) in [6, 6.07) is 0. The fourth-order valence-electron chi connectivity index (χ4n) is 7.22. The van der Waals surface area contributed by atoms with Crippen LogP contribution in [0.2, 0.25) is 0 Å². The molecule has 0 bridgehead atoms. The molecule has 3 heteroatoms. The molecule has 0 aromatic carbocycles. The van der Waals surface area contributed by atoms with Crippen LogP contribution in [0, 0.1) is 28.6 Å². The van der Waals surface area contributed by atoms with E-state index in [1.807, 2.05) is 0 Å². The summed E-state index contributed by atoms with van der Waals surface area (Å²) in [7, 11) is 0. The Labute approximate surface area is 158 Å². The van der Waals surface area contributed by atoms with Crippen LogP contribution in [0.5, 0.6) is 0 Å². The van der Waals surface area contributed by atoms with E-state index in [9.17, 15) is 0 Å². The minimum atomic E-state index is -0.441. The molecule has 0 N–H and O–H groups in total. The third kappa shape index (κ3) is 2.23. The van der Waals surface area contributed by atoms with Gasteiger partial charge in [0, 0.05) is 11.3 Å². The van der Waals surface area contributed by atoms with Crippen molar-refractivity contribution in [2.45, 2.75) is 77.8 Å². The monoisotopic (exact) mass is 358 g/mol. The number of allylic oxidation sites excluding steroid dienone is 1. The highest BCUT2D eigenvalue weighted by Crippen LogP contribution is 2.65. The van der Waals surface area contributed by atoms with Crippen LogP contribution >= 0.6 is 0 Å². The smallest absolute Gasteiger partial charge is 0.163 e. The van der Waals surface area contributed by atoms with Crippen molar-refractivity contribution < 1.29 is 14.2 Å². The maximum absolute atomic E-state index is 6.41. The number of rotatable bonds is 0. The molecule has 26 heavy (non-hydrogen) atoms. The van der Waals surface area contributed by atoms with Gasteiger partial charge in [-0.05, 0) is 74.3 Å². The summed E-state index contributed by atoms with van der Waals surface area (Å²) in [6.45, 7) is 14.9.